The first-order valence-electron chi connectivity index (χ1n) is 3.77. The highest BCUT2D eigenvalue weighted by molar-refractivity contribution is 8.07. The van der Waals surface area contributed by atoms with E-state index in [4.69, 9.17) is 0 Å². The van der Waals surface area contributed by atoms with Crippen molar-refractivity contribution < 1.29 is 0 Å². The standard InChI is InChI=1S/C8H12S/c1-2-4-6-8-7(9-8)5-3-1/h1-2,7-8H,3-6H2/b2-1-. The van der Waals surface area contributed by atoms with E-state index in [0.29, 0.717) is 0 Å². The Morgan fingerprint density at radius 1 is 1.00 bits per heavy atom. The van der Waals surface area contributed by atoms with Crippen LogP contribution in [0.2, 0.25) is 0 Å². The Labute approximate surface area is 60.7 Å². The molecule has 0 aromatic rings. The summed E-state index contributed by atoms with van der Waals surface area (Å²) in [6.07, 6.45) is 10.2. The van der Waals surface area contributed by atoms with Crippen LogP contribution in [0.3, 0.4) is 0 Å². The second-order valence-electron chi connectivity index (χ2n) is 2.84. The average Bonchev–Trinajstić information content (AvgIpc) is 2.46. The van der Waals surface area contributed by atoms with Crippen molar-refractivity contribution in [3.63, 3.8) is 0 Å². The fraction of sp³-hybridized carbons (Fsp3) is 0.750. The second-order valence-corrected chi connectivity index (χ2v) is 4.32. The maximum atomic E-state index is 2.34. The van der Waals surface area contributed by atoms with Gasteiger partial charge in [0.2, 0.25) is 0 Å². The lowest BCUT2D eigenvalue weighted by Gasteiger charge is -1.97. The molecule has 0 N–H and O–H groups in total. The van der Waals surface area contributed by atoms with Crippen LogP contribution in [0.4, 0.5) is 0 Å². The van der Waals surface area contributed by atoms with E-state index in [-0.39, 0.29) is 0 Å². The summed E-state index contributed by atoms with van der Waals surface area (Å²) in [4.78, 5) is 0. The van der Waals surface area contributed by atoms with Gasteiger partial charge in [-0.05, 0) is 25.7 Å². The number of hydrogen-bond acceptors (Lipinski definition) is 1. The molecule has 1 heterocycles. The first-order chi connectivity index (χ1) is 4.47. The fourth-order valence-electron chi connectivity index (χ4n) is 1.44. The van der Waals surface area contributed by atoms with Crippen LogP contribution in [0, 0.1) is 0 Å². The van der Waals surface area contributed by atoms with E-state index in [9.17, 15) is 0 Å². The summed E-state index contributed by atoms with van der Waals surface area (Å²) in [6, 6.07) is 0. The zero-order chi connectivity index (χ0) is 6.10. The molecule has 0 saturated carbocycles. The van der Waals surface area contributed by atoms with Gasteiger partial charge in [-0.15, -0.1) is 0 Å². The Kier molecular flexibility index (Phi) is 1.54. The van der Waals surface area contributed by atoms with Gasteiger partial charge in [0.25, 0.3) is 0 Å². The molecule has 1 fully saturated rings. The largest absolute Gasteiger partial charge is 0.153 e. The lowest BCUT2D eigenvalue weighted by Crippen LogP contribution is -1.94. The summed E-state index contributed by atoms with van der Waals surface area (Å²) in [5.41, 5.74) is 0. The third-order valence-corrected chi connectivity index (χ3v) is 3.60. The Morgan fingerprint density at radius 2 is 1.56 bits per heavy atom. The van der Waals surface area contributed by atoms with Gasteiger partial charge in [-0.25, -0.2) is 0 Å². The van der Waals surface area contributed by atoms with Gasteiger partial charge in [0.05, 0.1) is 0 Å². The lowest BCUT2D eigenvalue weighted by atomic mass is 10.1. The molecule has 2 aliphatic rings. The molecular weight excluding hydrogens is 128 g/mol. The van der Waals surface area contributed by atoms with Crippen LogP contribution >= 0.6 is 11.8 Å². The average molecular weight is 140 g/mol. The second kappa shape index (κ2) is 2.37. The lowest BCUT2D eigenvalue weighted by molar-refractivity contribution is 0.731. The minimum Gasteiger partial charge on any atom is -0.153 e. The van der Waals surface area contributed by atoms with Gasteiger partial charge in [0.15, 0.2) is 0 Å². The Balaban J connectivity index is 1.91. The molecule has 0 spiro atoms. The van der Waals surface area contributed by atoms with E-state index in [1.807, 2.05) is 0 Å². The molecule has 2 atom stereocenters. The minimum absolute atomic E-state index is 1.05. The zero-order valence-electron chi connectivity index (χ0n) is 5.55. The predicted molar refractivity (Wildman–Crippen MR) is 42.8 cm³/mol. The topological polar surface area (TPSA) is 0 Å². The van der Waals surface area contributed by atoms with Crippen molar-refractivity contribution in [3.05, 3.63) is 12.2 Å². The van der Waals surface area contributed by atoms with Crippen LogP contribution in [0.25, 0.3) is 0 Å². The van der Waals surface area contributed by atoms with Crippen LogP contribution in [0.5, 0.6) is 0 Å². The molecule has 0 nitrogen and oxygen atoms in total. The van der Waals surface area contributed by atoms with Gasteiger partial charge in [-0.1, -0.05) is 12.2 Å². The molecule has 1 aliphatic carbocycles. The normalized spacial score (nSPS) is 44.4. The molecule has 1 saturated heterocycles. The van der Waals surface area contributed by atoms with Crippen molar-refractivity contribution in [1.29, 1.82) is 0 Å². The molecule has 9 heavy (non-hydrogen) atoms. The zero-order valence-corrected chi connectivity index (χ0v) is 6.36. The van der Waals surface area contributed by atoms with Gasteiger partial charge in [0, 0.05) is 10.5 Å². The van der Waals surface area contributed by atoms with E-state index in [2.05, 4.69) is 23.9 Å². The van der Waals surface area contributed by atoms with Crippen molar-refractivity contribution in [2.24, 2.45) is 0 Å². The van der Waals surface area contributed by atoms with Crippen LogP contribution in [-0.2, 0) is 0 Å². The van der Waals surface area contributed by atoms with Gasteiger partial charge in [0.1, 0.15) is 0 Å². The number of thioether (sulfide) groups is 1. The highest BCUT2D eigenvalue weighted by atomic mass is 32.2. The van der Waals surface area contributed by atoms with E-state index < -0.39 is 0 Å². The molecule has 2 rings (SSSR count). The molecule has 0 radical (unpaired) electrons. The minimum atomic E-state index is 1.05. The van der Waals surface area contributed by atoms with E-state index in [1.165, 1.54) is 25.7 Å². The summed E-state index contributed by atoms with van der Waals surface area (Å²) in [6.45, 7) is 0. The predicted octanol–water partition coefficient (Wildman–Crippen LogP) is 2.60. The van der Waals surface area contributed by atoms with E-state index in [0.717, 1.165) is 10.5 Å². The van der Waals surface area contributed by atoms with E-state index >= 15 is 0 Å². The Bertz CT molecular complexity index is 115. The Morgan fingerprint density at radius 3 is 2.11 bits per heavy atom. The molecule has 1 heteroatoms. The summed E-state index contributed by atoms with van der Waals surface area (Å²) in [7, 11) is 0. The molecule has 0 bridgehead atoms. The number of rotatable bonds is 0. The highest BCUT2D eigenvalue weighted by Crippen LogP contribution is 2.47. The van der Waals surface area contributed by atoms with Crippen molar-refractivity contribution >= 4 is 11.8 Å². The van der Waals surface area contributed by atoms with Crippen LogP contribution in [0.15, 0.2) is 12.2 Å². The molecule has 0 aromatic heterocycles. The number of fused-ring (bicyclic) bond motifs is 1. The van der Waals surface area contributed by atoms with Gasteiger partial charge in [-0.2, -0.15) is 11.8 Å². The van der Waals surface area contributed by atoms with Gasteiger partial charge in [-0.3, -0.25) is 0 Å². The van der Waals surface area contributed by atoms with Crippen molar-refractivity contribution in [1.82, 2.24) is 0 Å². The van der Waals surface area contributed by atoms with Crippen LogP contribution in [-0.4, -0.2) is 10.5 Å². The SMILES string of the molecule is C1=C\CCC2SC2CC/1. The van der Waals surface area contributed by atoms with Crippen molar-refractivity contribution in [2.45, 2.75) is 36.2 Å². The molecule has 50 valence electrons. The molecular formula is C8H12S. The highest BCUT2D eigenvalue weighted by Gasteiger charge is 2.36. The van der Waals surface area contributed by atoms with Crippen LogP contribution < -0.4 is 0 Å². The maximum Gasteiger partial charge on any atom is 0.0172 e. The van der Waals surface area contributed by atoms with Gasteiger partial charge < -0.3 is 0 Å². The van der Waals surface area contributed by atoms with Crippen molar-refractivity contribution in [2.75, 3.05) is 0 Å². The summed E-state index contributed by atoms with van der Waals surface area (Å²) in [5.74, 6) is 0. The quantitative estimate of drug-likeness (QED) is 0.368. The fourth-order valence-corrected chi connectivity index (χ4v) is 2.62. The first kappa shape index (κ1) is 5.84. The summed E-state index contributed by atoms with van der Waals surface area (Å²) in [5, 5.41) is 2.10. The third kappa shape index (κ3) is 1.32. The van der Waals surface area contributed by atoms with E-state index in [1.54, 1.807) is 0 Å². The Hall–Kier alpha value is 0.0900. The molecule has 1 aliphatic heterocycles. The molecule has 0 aromatic carbocycles. The monoisotopic (exact) mass is 140 g/mol. The van der Waals surface area contributed by atoms with Gasteiger partial charge >= 0.3 is 0 Å². The summed E-state index contributed by atoms with van der Waals surface area (Å²) >= 11 is 2.19. The van der Waals surface area contributed by atoms with Crippen LogP contribution in [0.1, 0.15) is 25.7 Å². The molecule has 0 amide bonds. The number of allylic oxidation sites excluding steroid dienone is 2. The summed E-state index contributed by atoms with van der Waals surface area (Å²) < 4.78 is 0. The third-order valence-electron chi connectivity index (χ3n) is 2.09. The maximum absolute atomic E-state index is 2.34. The molecule has 2 unspecified atom stereocenters. The smallest absolute Gasteiger partial charge is 0.0172 e. The first-order valence-corrected chi connectivity index (χ1v) is 4.71. The number of hydrogen-bond donors (Lipinski definition) is 0. The van der Waals surface area contributed by atoms with Crippen molar-refractivity contribution in [3.8, 4) is 0 Å².